The van der Waals surface area contributed by atoms with Crippen molar-refractivity contribution in [1.29, 1.82) is 0 Å². The average molecular weight is 456 g/mol. The number of nitrogens with one attached hydrogen (secondary N) is 1. The summed E-state index contributed by atoms with van der Waals surface area (Å²) in [7, 11) is -3.99. The van der Waals surface area contributed by atoms with E-state index in [0.717, 1.165) is 5.56 Å². The van der Waals surface area contributed by atoms with E-state index < -0.39 is 16.0 Å². The van der Waals surface area contributed by atoms with Crippen LogP contribution in [0.5, 0.6) is 5.75 Å². The van der Waals surface area contributed by atoms with Gasteiger partial charge in [-0.05, 0) is 49.7 Å². The summed E-state index contributed by atoms with van der Waals surface area (Å²) in [6.45, 7) is 5.24. The summed E-state index contributed by atoms with van der Waals surface area (Å²) in [5, 5.41) is 9.38. The highest BCUT2D eigenvalue weighted by Crippen LogP contribution is 2.29. The summed E-state index contributed by atoms with van der Waals surface area (Å²) < 4.78 is 33.9. The Morgan fingerprint density at radius 3 is 2.38 bits per heavy atom. The third kappa shape index (κ3) is 5.55. The van der Waals surface area contributed by atoms with E-state index in [1.165, 1.54) is 24.4 Å². The first-order valence-electron chi connectivity index (χ1n) is 10.1. The molecular formula is C23H25N3O5S. The molecule has 9 heteroatoms. The van der Waals surface area contributed by atoms with E-state index in [4.69, 9.17) is 4.74 Å². The predicted octanol–water partition coefficient (Wildman–Crippen LogP) is 4.01. The molecule has 0 aliphatic heterocycles. The smallest absolute Gasteiger partial charge is 0.337 e. The molecule has 3 aromatic rings. The van der Waals surface area contributed by atoms with Gasteiger partial charge in [0, 0.05) is 19.3 Å². The van der Waals surface area contributed by atoms with Crippen LogP contribution in [0.2, 0.25) is 0 Å². The third-order valence-corrected chi connectivity index (χ3v) is 6.08. The van der Waals surface area contributed by atoms with Gasteiger partial charge in [-0.3, -0.25) is 4.72 Å². The zero-order valence-corrected chi connectivity index (χ0v) is 18.7. The fourth-order valence-electron chi connectivity index (χ4n) is 3.13. The molecule has 3 rings (SSSR count). The largest absolute Gasteiger partial charge is 0.494 e. The van der Waals surface area contributed by atoms with Gasteiger partial charge < -0.3 is 14.7 Å². The lowest BCUT2D eigenvalue weighted by Crippen LogP contribution is -2.25. The van der Waals surface area contributed by atoms with Gasteiger partial charge >= 0.3 is 5.97 Å². The number of benzene rings is 2. The van der Waals surface area contributed by atoms with Crippen molar-refractivity contribution < 1.29 is 23.1 Å². The molecule has 2 aromatic carbocycles. The van der Waals surface area contributed by atoms with Crippen LogP contribution in [-0.2, 0) is 16.6 Å². The Morgan fingerprint density at radius 1 is 1.09 bits per heavy atom. The number of hydrogen-bond acceptors (Lipinski definition) is 6. The molecular weight excluding hydrogens is 430 g/mol. The van der Waals surface area contributed by atoms with Crippen LogP contribution in [-0.4, -0.2) is 37.6 Å². The number of carboxylic acid groups (broad SMARTS) is 1. The molecule has 0 aliphatic rings. The lowest BCUT2D eigenvalue weighted by Gasteiger charge is -2.25. The van der Waals surface area contributed by atoms with Gasteiger partial charge in [0.2, 0.25) is 0 Å². The SMILES string of the molecule is CCOc1ccc(S(=O)(=O)Nc2cc(C(=O)O)cnc2N(CC)Cc2ccccc2)cc1. The second-order valence-electron chi connectivity index (χ2n) is 6.91. The van der Waals surface area contributed by atoms with E-state index >= 15 is 0 Å². The van der Waals surface area contributed by atoms with Gasteiger partial charge in [0.05, 0.1) is 22.8 Å². The van der Waals surface area contributed by atoms with E-state index in [0.29, 0.717) is 31.3 Å². The molecule has 0 spiro atoms. The van der Waals surface area contributed by atoms with Crippen LogP contribution >= 0.6 is 0 Å². The minimum absolute atomic E-state index is 0.0266. The van der Waals surface area contributed by atoms with E-state index in [9.17, 15) is 18.3 Å². The number of nitrogens with zero attached hydrogens (tertiary/aromatic N) is 2. The quantitative estimate of drug-likeness (QED) is 0.475. The van der Waals surface area contributed by atoms with Crippen LogP contribution < -0.4 is 14.4 Å². The number of ether oxygens (including phenoxy) is 1. The van der Waals surface area contributed by atoms with E-state index in [2.05, 4.69) is 9.71 Å². The number of sulfonamides is 1. The van der Waals surface area contributed by atoms with E-state index in [1.54, 1.807) is 12.1 Å². The second-order valence-corrected chi connectivity index (χ2v) is 8.59. The summed E-state index contributed by atoms with van der Waals surface area (Å²) in [5.41, 5.74) is 0.990. The van der Waals surface area contributed by atoms with Gasteiger partial charge in [-0.25, -0.2) is 18.2 Å². The van der Waals surface area contributed by atoms with Crippen LogP contribution in [0.3, 0.4) is 0 Å². The second kappa shape index (κ2) is 10.1. The molecule has 32 heavy (non-hydrogen) atoms. The van der Waals surface area contributed by atoms with E-state index in [-0.39, 0.29) is 16.1 Å². The van der Waals surface area contributed by atoms with Crippen LogP contribution in [0.25, 0.3) is 0 Å². The van der Waals surface area contributed by atoms with Gasteiger partial charge in [0.25, 0.3) is 10.0 Å². The molecule has 0 bridgehead atoms. The fraction of sp³-hybridized carbons (Fsp3) is 0.217. The average Bonchev–Trinajstić information content (AvgIpc) is 2.78. The van der Waals surface area contributed by atoms with Crippen molar-refractivity contribution >= 4 is 27.5 Å². The van der Waals surface area contributed by atoms with Gasteiger partial charge in [-0.15, -0.1) is 0 Å². The zero-order valence-electron chi connectivity index (χ0n) is 17.9. The Balaban J connectivity index is 1.97. The minimum Gasteiger partial charge on any atom is -0.494 e. The molecule has 8 nitrogen and oxygen atoms in total. The maximum Gasteiger partial charge on any atom is 0.337 e. The van der Waals surface area contributed by atoms with Crippen molar-refractivity contribution in [3.8, 4) is 5.75 Å². The first-order chi connectivity index (χ1) is 15.3. The molecule has 168 valence electrons. The monoisotopic (exact) mass is 455 g/mol. The number of carboxylic acids is 1. The Kier molecular flexibility index (Phi) is 7.32. The maximum atomic E-state index is 13.0. The normalized spacial score (nSPS) is 11.1. The Hall–Kier alpha value is -3.59. The molecule has 0 saturated heterocycles. The molecule has 0 atom stereocenters. The number of carbonyl (C=O) groups is 1. The highest BCUT2D eigenvalue weighted by molar-refractivity contribution is 7.92. The first-order valence-corrected chi connectivity index (χ1v) is 11.6. The Bertz CT molecular complexity index is 1170. The molecule has 2 N–H and O–H groups in total. The standard InChI is InChI=1S/C23H25N3O5S/c1-3-26(16-17-8-6-5-7-9-17)22-21(14-18(15-24-22)23(27)28)25-32(29,30)20-12-10-19(11-13-20)31-4-2/h5-15,25H,3-4,16H2,1-2H3,(H,27,28). The number of aromatic carboxylic acids is 1. The number of pyridine rings is 1. The van der Waals surface area contributed by atoms with Crippen molar-refractivity contribution in [2.45, 2.75) is 25.3 Å². The van der Waals surface area contributed by atoms with Crippen molar-refractivity contribution in [2.24, 2.45) is 0 Å². The van der Waals surface area contributed by atoms with Gasteiger partial charge in [-0.2, -0.15) is 0 Å². The molecule has 0 radical (unpaired) electrons. The van der Waals surface area contributed by atoms with Crippen LogP contribution in [0, 0.1) is 0 Å². The molecule has 1 heterocycles. The first kappa shape index (κ1) is 23.1. The van der Waals surface area contributed by atoms with Gasteiger partial charge in [-0.1, -0.05) is 30.3 Å². The van der Waals surface area contributed by atoms with Crippen molar-refractivity contribution in [3.63, 3.8) is 0 Å². The van der Waals surface area contributed by atoms with Crippen molar-refractivity contribution in [2.75, 3.05) is 22.8 Å². The van der Waals surface area contributed by atoms with Gasteiger partial charge in [0.15, 0.2) is 5.82 Å². The molecule has 0 aliphatic carbocycles. The molecule has 1 aromatic heterocycles. The summed E-state index contributed by atoms with van der Waals surface area (Å²) in [6.07, 6.45) is 1.22. The molecule has 0 fully saturated rings. The van der Waals surface area contributed by atoms with Crippen molar-refractivity contribution in [1.82, 2.24) is 4.98 Å². The molecule has 0 unspecified atom stereocenters. The summed E-state index contributed by atoms with van der Waals surface area (Å²) in [5.74, 6) is -0.297. The lowest BCUT2D eigenvalue weighted by molar-refractivity contribution is 0.0696. The topological polar surface area (TPSA) is 109 Å². The Morgan fingerprint density at radius 2 is 1.78 bits per heavy atom. The van der Waals surface area contributed by atoms with Crippen LogP contribution in [0.1, 0.15) is 29.8 Å². The number of anilines is 2. The number of aromatic nitrogens is 1. The maximum absolute atomic E-state index is 13.0. The predicted molar refractivity (Wildman–Crippen MR) is 123 cm³/mol. The highest BCUT2D eigenvalue weighted by Gasteiger charge is 2.21. The highest BCUT2D eigenvalue weighted by atomic mass is 32.2. The summed E-state index contributed by atoms with van der Waals surface area (Å²) in [4.78, 5) is 17.7. The molecule has 0 saturated carbocycles. The van der Waals surface area contributed by atoms with Crippen molar-refractivity contribution in [3.05, 3.63) is 78.0 Å². The fourth-order valence-corrected chi connectivity index (χ4v) is 4.18. The number of hydrogen-bond donors (Lipinski definition) is 2. The summed E-state index contributed by atoms with van der Waals surface area (Å²) in [6, 6.07) is 16.9. The van der Waals surface area contributed by atoms with Crippen LogP contribution in [0.4, 0.5) is 11.5 Å². The van der Waals surface area contributed by atoms with Crippen LogP contribution in [0.15, 0.2) is 71.8 Å². The van der Waals surface area contributed by atoms with E-state index in [1.807, 2.05) is 49.1 Å². The third-order valence-electron chi connectivity index (χ3n) is 4.70. The lowest BCUT2D eigenvalue weighted by atomic mass is 10.2. The zero-order chi connectivity index (χ0) is 23.1. The Labute approximate surface area is 187 Å². The summed E-state index contributed by atoms with van der Waals surface area (Å²) >= 11 is 0. The minimum atomic E-state index is -3.99. The van der Waals surface area contributed by atoms with Gasteiger partial charge in [0.1, 0.15) is 5.75 Å². The molecule has 0 amide bonds. The number of rotatable bonds is 10.